The molecule has 0 spiro atoms. The number of nitrogens with zero attached hydrogens (tertiary/aromatic N) is 1. The van der Waals surface area contributed by atoms with E-state index in [0.717, 1.165) is 26.6 Å². The van der Waals surface area contributed by atoms with Crippen molar-refractivity contribution in [2.24, 2.45) is 5.92 Å². The van der Waals surface area contributed by atoms with Crippen LogP contribution >= 0.6 is 22.6 Å². The lowest BCUT2D eigenvalue weighted by Gasteiger charge is -2.14. The molecule has 2 aromatic carbocycles. The summed E-state index contributed by atoms with van der Waals surface area (Å²) in [5.74, 6) is -1.31. The molecule has 3 rings (SSSR count). The molecule has 0 saturated heterocycles. The lowest BCUT2D eigenvalue weighted by atomic mass is 9.96. The second-order valence-corrected chi connectivity index (χ2v) is 8.23. The fraction of sp³-hybridized carbons (Fsp3) is 0.333. The van der Waals surface area contributed by atoms with Crippen LogP contribution in [0.5, 0.6) is 0 Å². The van der Waals surface area contributed by atoms with Crippen LogP contribution in [0.3, 0.4) is 0 Å². The maximum absolute atomic E-state index is 12.6. The minimum Gasteiger partial charge on any atom is -0.466 e. The lowest BCUT2D eigenvalue weighted by molar-refractivity contribution is -0.154. The molecule has 1 atom stereocenters. The van der Waals surface area contributed by atoms with Crippen LogP contribution in [-0.2, 0) is 32.0 Å². The van der Waals surface area contributed by atoms with E-state index in [9.17, 15) is 9.59 Å². The highest BCUT2D eigenvalue weighted by atomic mass is 127. The van der Waals surface area contributed by atoms with Gasteiger partial charge in [-0.25, -0.2) is 0 Å². The Morgan fingerprint density at radius 3 is 2.43 bits per heavy atom. The van der Waals surface area contributed by atoms with Crippen molar-refractivity contribution in [3.05, 3.63) is 69.4 Å². The first-order valence-electron chi connectivity index (χ1n) is 10.2. The number of ether oxygens (including phenoxy) is 2. The number of carbonyl (C=O) groups excluding carboxylic acids is 2. The predicted octanol–water partition coefficient (Wildman–Crippen LogP) is 4.97. The average Bonchev–Trinajstić information content (AvgIpc) is 3.07. The van der Waals surface area contributed by atoms with Crippen molar-refractivity contribution >= 4 is 45.4 Å². The second kappa shape index (κ2) is 10.6. The van der Waals surface area contributed by atoms with Gasteiger partial charge in [-0.3, -0.25) is 9.59 Å². The van der Waals surface area contributed by atoms with Gasteiger partial charge in [-0.2, -0.15) is 0 Å². The average molecular weight is 519 g/mol. The number of rotatable bonds is 9. The Morgan fingerprint density at radius 1 is 1.00 bits per heavy atom. The van der Waals surface area contributed by atoms with Crippen molar-refractivity contribution in [1.29, 1.82) is 0 Å². The third-order valence-electron chi connectivity index (χ3n) is 4.93. The summed E-state index contributed by atoms with van der Waals surface area (Å²) in [5, 5.41) is 1.12. The standard InChI is InChI=1S/C24H26INO4/c1-3-29-22(27)14-18(24(28)30-4-2)13-19-16-26(15-17-9-6-5-7-10-17)21-12-8-11-20(25)23(19)21/h5-12,16,18H,3-4,13-15H2,1-2H3. The molecule has 0 aliphatic carbocycles. The summed E-state index contributed by atoms with van der Waals surface area (Å²) < 4.78 is 13.6. The molecule has 0 saturated carbocycles. The molecule has 0 fully saturated rings. The van der Waals surface area contributed by atoms with Crippen LogP contribution in [0.4, 0.5) is 0 Å². The van der Waals surface area contributed by atoms with Crippen LogP contribution in [-0.4, -0.2) is 29.7 Å². The molecular weight excluding hydrogens is 493 g/mol. The molecule has 1 heterocycles. The zero-order valence-corrected chi connectivity index (χ0v) is 19.4. The highest BCUT2D eigenvalue weighted by Gasteiger charge is 2.26. The molecule has 0 amide bonds. The van der Waals surface area contributed by atoms with E-state index >= 15 is 0 Å². The van der Waals surface area contributed by atoms with Crippen LogP contribution < -0.4 is 0 Å². The van der Waals surface area contributed by atoms with E-state index in [1.54, 1.807) is 13.8 Å². The van der Waals surface area contributed by atoms with Crippen molar-refractivity contribution in [1.82, 2.24) is 4.57 Å². The minimum atomic E-state index is -0.573. The van der Waals surface area contributed by atoms with Gasteiger partial charge >= 0.3 is 11.9 Å². The van der Waals surface area contributed by atoms with E-state index in [1.165, 1.54) is 5.56 Å². The van der Waals surface area contributed by atoms with Gasteiger partial charge in [0.15, 0.2) is 0 Å². The molecule has 0 bridgehead atoms. The number of aromatic nitrogens is 1. The predicted molar refractivity (Wildman–Crippen MR) is 125 cm³/mol. The van der Waals surface area contributed by atoms with Gasteiger partial charge in [0, 0.05) is 27.2 Å². The molecule has 30 heavy (non-hydrogen) atoms. The van der Waals surface area contributed by atoms with Crippen molar-refractivity contribution in [2.45, 2.75) is 33.2 Å². The second-order valence-electron chi connectivity index (χ2n) is 7.06. The third-order valence-corrected chi connectivity index (χ3v) is 5.83. The number of fused-ring (bicyclic) bond motifs is 1. The molecule has 0 N–H and O–H groups in total. The fourth-order valence-electron chi connectivity index (χ4n) is 3.64. The number of esters is 2. The van der Waals surface area contributed by atoms with E-state index in [0.29, 0.717) is 13.0 Å². The number of benzene rings is 2. The smallest absolute Gasteiger partial charge is 0.309 e. The maximum atomic E-state index is 12.6. The molecule has 1 unspecified atom stereocenters. The highest BCUT2D eigenvalue weighted by molar-refractivity contribution is 14.1. The Hall–Kier alpha value is -2.35. The summed E-state index contributed by atoms with van der Waals surface area (Å²) >= 11 is 2.33. The van der Waals surface area contributed by atoms with Crippen molar-refractivity contribution in [3.8, 4) is 0 Å². The number of carbonyl (C=O) groups is 2. The van der Waals surface area contributed by atoms with Crippen LogP contribution in [0.25, 0.3) is 10.9 Å². The van der Waals surface area contributed by atoms with Gasteiger partial charge in [0.1, 0.15) is 0 Å². The van der Waals surface area contributed by atoms with E-state index in [1.807, 2.05) is 24.3 Å². The van der Waals surface area contributed by atoms with E-state index < -0.39 is 5.92 Å². The molecule has 0 radical (unpaired) electrons. The quantitative estimate of drug-likeness (QED) is 0.296. The van der Waals surface area contributed by atoms with Gasteiger partial charge in [-0.15, -0.1) is 0 Å². The first kappa shape index (κ1) is 22.3. The van der Waals surface area contributed by atoms with E-state index in [4.69, 9.17) is 9.47 Å². The Labute approximate surface area is 190 Å². The Morgan fingerprint density at radius 2 is 1.73 bits per heavy atom. The minimum absolute atomic E-state index is 0.0153. The molecular formula is C24H26INO4. The van der Waals surface area contributed by atoms with E-state index in [-0.39, 0.29) is 25.0 Å². The van der Waals surface area contributed by atoms with Crippen molar-refractivity contribution in [3.63, 3.8) is 0 Å². The molecule has 5 nitrogen and oxygen atoms in total. The lowest BCUT2D eigenvalue weighted by Crippen LogP contribution is -2.24. The molecule has 0 aliphatic heterocycles. The highest BCUT2D eigenvalue weighted by Crippen LogP contribution is 2.30. The van der Waals surface area contributed by atoms with Crippen LogP contribution in [0, 0.1) is 9.49 Å². The third kappa shape index (κ3) is 5.41. The monoisotopic (exact) mass is 519 g/mol. The van der Waals surface area contributed by atoms with Crippen LogP contribution in [0.2, 0.25) is 0 Å². The fourth-order valence-corrected chi connectivity index (χ4v) is 4.47. The summed E-state index contributed by atoms with van der Waals surface area (Å²) in [6, 6.07) is 16.5. The topological polar surface area (TPSA) is 57.5 Å². The normalized spacial score (nSPS) is 12.0. The zero-order chi connectivity index (χ0) is 21.5. The summed E-state index contributed by atoms with van der Waals surface area (Å²) in [7, 11) is 0. The number of halogens is 1. The summed E-state index contributed by atoms with van der Waals surface area (Å²) in [5.41, 5.74) is 3.35. The first-order chi connectivity index (χ1) is 14.5. The molecule has 3 aromatic rings. The molecule has 6 heteroatoms. The SMILES string of the molecule is CCOC(=O)CC(Cc1cn(Cc2ccccc2)c2cccc(I)c12)C(=O)OCC. The summed E-state index contributed by atoms with van der Waals surface area (Å²) in [4.78, 5) is 24.7. The van der Waals surface area contributed by atoms with Gasteiger partial charge in [0.2, 0.25) is 0 Å². The van der Waals surface area contributed by atoms with Gasteiger partial charge < -0.3 is 14.0 Å². The Balaban J connectivity index is 1.96. The van der Waals surface area contributed by atoms with E-state index in [2.05, 4.69) is 57.6 Å². The largest absolute Gasteiger partial charge is 0.466 e. The van der Waals surface area contributed by atoms with Gasteiger partial charge in [0.25, 0.3) is 0 Å². The van der Waals surface area contributed by atoms with Gasteiger partial charge in [0.05, 0.1) is 25.6 Å². The summed E-state index contributed by atoms with van der Waals surface area (Å²) in [6.07, 6.45) is 2.54. The number of hydrogen-bond donors (Lipinski definition) is 0. The van der Waals surface area contributed by atoms with Crippen LogP contribution in [0.1, 0.15) is 31.4 Å². The zero-order valence-electron chi connectivity index (χ0n) is 17.3. The van der Waals surface area contributed by atoms with Crippen molar-refractivity contribution < 1.29 is 19.1 Å². The maximum Gasteiger partial charge on any atom is 0.309 e. The molecule has 158 valence electrons. The number of hydrogen-bond acceptors (Lipinski definition) is 4. The summed E-state index contributed by atoms with van der Waals surface area (Å²) in [6.45, 7) is 4.85. The van der Waals surface area contributed by atoms with Crippen molar-refractivity contribution in [2.75, 3.05) is 13.2 Å². The van der Waals surface area contributed by atoms with Gasteiger partial charge in [-0.05, 0) is 66.1 Å². The Bertz CT molecular complexity index is 1010. The molecule has 0 aliphatic rings. The molecule has 1 aromatic heterocycles. The van der Waals surface area contributed by atoms with Gasteiger partial charge in [-0.1, -0.05) is 36.4 Å². The first-order valence-corrected chi connectivity index (χ1v) is 11.2. The Kier molecular flexibility index (Phi) is 7.90. The van der Waals surface area contributed by atoms with Crippen LogP contribution in [0.15, 0.2) is 54.7 Å².